The molecular formula is C14H16N4OS. The highest BCUT2D eigenvalue weighted by atomic mass is 32.2. The fourth-order valence-corrected chi connectivity index (χ4v) is 2.89. The van der Waals surface area contributed by atoms with Crippen LogP contribution >= 0.6 is 11.8 Å². The van der Waals surface area contributed by atoms with Crippen LogP contribution in [0.5, 0.6) is 0 Å². The smallest absolute Gasteiger partial charge is 0.270 e. The molecule has 0 unspecified atom stereocenters. The summed E-state index contributed by atoms with van der Waals surface area (Å²) in [6.07, 6.45) is 0. The van der Waals surface area contributed by atoms with Crippen molar-refractivity contribution in [2.45, 2.75) is 26.3 Å². The van der Waals surface area contributed by atoms with Gasteiger partial charge in [0.25, 0.3) is 5.91 Å². The van der Waals surface area contributed by atoms with Gasteiger partial charge in [0.1, 0.15) is 5.54 Å². The van der Waals surface area contributed by atoms with Crippen molar-refractivity contribution in [2.75, 3.05) is 10.7 Å². The molecule has 0 aromatic heterocycles. The van der Waals surface area contributed by atoms with E-state index < -0.39 is 5.54 Å². The number of anilines is 1. The molecule has 1 amide bonds. The Morgan fingerprint density at radius 2 is 1.95 bits per heavy atom. The minimum absolute atomic E-state index is 0.0832. The molecule has 0 saturated heterocycles. The summed E-state index contributed by atoms with van der Waals surface area (Å²) in [5, 5.41) is 6.65. The minimum atomic E-state index is -0.742. The molecule has 6 heteroatoms. The molecule has 0 fully saturated rings. The third-order valence-corrected chi connectivity index (χ3v) is 3.96. The van der Waals surface area contributed by atoms with Crippen molar-refractivity contribution < 1.29 is 4.79 Å². The first-order valence-corrected chi connectivity index (χ1v) is 7.54. The zero-order valence-corrected chi connectivity index (χ0v) is 12.5. The minimum Gasteiger partial charge on any atom is -0.270 e. The maximum atomic E-state index is 12.3. The van der Waals surface area contributed by atoms with Gasteiger partial charge in [0, 0.05) is 0 Å². The molecule has 5 nitrogen and oxygen atoms in total. The summed E-state index contributed by atoms with van der Waals surface area (Å²) in [5.74, 6) is 1.41. The van der Waals surface area contributed by atoms with E-state index in [0.29, 0.717) is 5.96 Å². The Morgan fingerprint density at radius 3 is 2.60 bits per heavy atom. The van der Waals surface area contributed by atoms with Gasteiger partial charge in [-0.25, -0.2) is 4.99 Å². The van der Waals surface area contributed by atoms with Gasteiger partial charge in [0.15, 0.2) is 5.17 Å². The number of para-hydroxylation sites is 1. The fourth-order valence-electron chi connectivity index (χ4n) is 2.17. The lowest BCUT2D eigenvalue weighted by molar-refractivity contribution is -0.130. The molecule has 104 valence electrons. The van der Waals surface area contributed by atoms with Crippen LogP contribution in [0.2, 0.25) is 0 Å². The molecule has 0 radical (unpaired) electrons. The lowest BCUT2D eigenvalue weighted by atomic mass is 10.1. The van der Waals surface area contributed by atoms with Gasteiger partial charge in [-0.3, -0.25) is 9.69 Å². The second-order valence-corrected chi connectivity index (χ2v) is 6.31. The van der Waals surface area contributed by atoms with Gasteiger partial charge < -0.3 is 0 Å². The van der Waals surface area contributed by atoms with Crippen molar-refractivity contribution in [3.05, 3.63) is 30.3 Å². The maximum absolute atomic E-state index is 12.3. The van der Waals surface area contributed by atoms with E-state index in [4.69, 9.17) is 0 Å². The molecule has 2 aliphatic heterocycles. The normalized spacial score (nSPS) is 20.1. The van der Waals surface area contributed by atoms with Crippen molar-refractivity contribution in [3.63, 3.8) is 0 Å². The van der Waals surface area contributed by atoms with E-state index in [1.165, 1.54) is 5.01 Å². The monoisotopic (exact) mass is 288 g/mol. The predicted octanol–water partition coefficient (Wildman–Crippen LogP) is 2.51. The largest absolute Gasteiger partial charge is 0.277 e. The van der Waals surface area contributed by atoms with Gasteiger partial charge in [-0.1, -0.05) is 36.9 Å². The quantitative estimate of drug-likeness (QED) is 0.840. The molecule has 0 N–H and O–H groups in total. The Balaban J connectivity index is 2.06. The number of rotatable bonds is 2. The number of carbonyl (C=O) groups is 1. The summed E-state index contributed by atoms with van der Waals surface area (Å²) in [5.41, 5.74) is 0.229. The second kappa shape index (κ2) is 4.63. The number of fused-ring (bicyclic) bond motifs is 1. The number of hydrazone groups is 1. The van der Waals surface area contributed by atoms with Gasteiger partial charge in [0.2, 0.25) is 5.96 Å². The summed E-state index contributed by atoms with van der Waals surface area (Å²) >= 11 is 1.60. The Kier molecular flexibility index (Phi) is 3.05. The van der Waals surface area contributed by atoms with Crippen molar-refractivity contribution in [1.82, 2.24) is 5.01 Å². The average molecular weight is 288 g/mol. The Hall–Kier alpha value is -1.82. The van der Waals surface area contributed by atoms with Crippen LogP contribution in [0, 0.1) is 0 Å². The highest BCUT2D eigenvalue weighted by Gasteiger charge is 2.48. The SMILES string of the molecule is CCSC1=NN2C(=O)C(C)(C)N=C2N1c1ccccc1. The first kappa shape index (κ1) is 13.2. The average Bonchev–Trinajstić information content (AvgIpc) is 2.86. The third-order valence-electron chi connectivity index (χ3n) is 3.15. The van der Waals surface area contributed by atoms with Gasteiger partial charge in [-0.05, 0) is 31.7 Å². The van der Waals surface area contributed by atoms with E-state index in [0.717, 1.165) is 16.6 Å². The molecule has 0 saturated carbocycles. The van der Waals surface area contributed by atoms with Crippen molar-refractivity contribution in [1.29, 1.82) is 0 Å². The number of amides is 1. The van der Waals surface area contributed by atoms with Crippen LogP contribution in [-0.2, 0) is 4.79 Å². The topological polar surface area (TPSA) is 48.3 Å². The third kappa shape index (κ3) is 1.91. The van der Waals surface area contributed by atoms with Crippen molar-refractivity contribution in [2.24, 2.45) is 10.1 Å². The highest BCUT2D eigenvalue weighted by Crippen LogP contribution is 2.33. The molecule has 0 atom stereocenters. The molecule has 2 heterocycles. The molecule has 3 rings (SSSR count). The number of nitrogens with zero attached hydrogens (tertiary/aromatic N) is 4. The van der Waals surface area contributed by atoms with E-state index in [9.17, 15) is 4.79 Å². The standard InChI is InChI=1S/C14H16N4OS/c1-4-20-13-16-18-11(19)14(2,3)15-12(18)17(13)10-8-6-5-7-9-10/h5-9H,4H2,1-3H3. The van der Waals surface area contributed by atoms with E-state index in [-0.39, 0.29) is 5.91 Å². The van der Waals surface area contributed by atoms with Crippen molar-refractivity contribution in [3.8, 4) is 0 Å². The van der Waals surface area contributed by atoms with Gasteiger partial charge in [-0.15, -0.1) is 5.10 Å². The second-order valence-electron chi connectivity index (χ2n) is 5.07. The van der Waals surface area contributed by atoms with E-state index in [1.807, 2.05) is 49.1 Å². The zero-order valence-electron chi connectivity index (χ0n) is 11.7. The van der Waals surface area contributed by atoms with E-state index in [2.05, 4.69) is 17.0 Å². The maximum Gasteiger partial charge on any atom is 0.277 e. The van der Waals surface area contributed by atoms with Gasteiger partial charge in [-0.2, -0.15) is 5.01 Å². The van der Waals surface area contributed by atoms with Gasteiger partial charge in [0.05, 0.1) is 5.69 Å². The summed E-state index contributed by atoms with van der Waals surface area (Å²) in [4.78, 5) is 18.8. The number of guanidine groups is 1. The number of benzene rings is 1. The summed E-state index contributed by atoms with van der Waals surface area (Å²) < 4.78 is 0. The lowest BCUT2D eigenvalue weighted by Gasteiger charge is -2.19. The van der Waals surface area contributed by atoms with Crippen LogP contribution in [0.1, 0.15) is 20.8 Å². The van der Waals surface area contributed by atoms with Crippen LogP contribution in [0.4, 0.5) is 5.69 Å². The predicted molar refractivity (Wildman–Crippen MR) is 82.8 cm³/mol. The molecule has 0 spiro atoms. The number of thioether (sulfide) groups is 1. The number of hydrogen-bond donors (Lipinski definition) is 0. The molecule has 0 bridgehead atoms. The first-order chi connectivity index (χ1) is 9.54. The van der Waals surface area contributed by atoms with Gasteiger partial charge >= 0.3 is 0 Å². The van der Waals surface area contributed by atoms with Crippen LogP contribution in [0.3, 0.4) is 0 Å². The number of aliphatic imine (C=N–C) groups is 1. The molecular weight excluding hydrogens is 272 g/mol. The Labute approximate surface area is 122 Å². The summed E-state index contributed by atoms with van der Waals surface area (Å²) in [6.45, 7) is 5.69. The fraction of sp³-hybridized carbons (Fsp3) is 0.357. The van der Waals surface area contributed by atoms with Crippen LogP contribution in [-0.4, -0.2) is 33.3 Å². The number of carbonyl (C=O) groups excluding carboxylic acids is 1. The lowest BCUT2D eigenvalue weighted by Crippen LogP contribution is -2.37. The molecule has 1 aromatic rings. The highest BCUT2D eigenvalue weighted by molar-refractivity contribution is 8.14. The summed E-state index contributed by atoms with van der Waals surface area (Å²) in [7, 11) is 0. The first-order valence-electron chi connectivity index (χ1n) is 6.55. The van der Waals surface area contributed by atoms with Crippen LogP contribution in [0.25, 0.3) is 0 Å². The molecule has 1 aromatic carbocycles. The number of amidine groups is 1. The zero-order chi connectivity index (χ0) is 14.3. The number of hydrogen-bond acceptors (Lipinski definition) is 5. The van der Waals surface area contributed by atoms with E-state index in [1.54, 1.807) is 11.8 Å². The van der Waals surface area contributed by atoms with Crippen molar-refractivity contribution >= 4 is 34.5 Å². The summed E-state index contributed by atoms with van der Waals surface area (Å²) in [6, 6.07) is 9.89. The molecule has 0 aliphatic carbocycles. The Bertz CT molecular complexity index is 609. The van der Waals surface area contributed by atoms with Crippen LogP contribution < -0.4 is 4.90 Å². The molecule has 20 heavy (non-hydrogen) atoms. The van der Waals surface area contributed by atoms with E-state index >= 15 is 0 Å². The van der Waals surface area contributed by atoms with Crippen LogP contribution in [0.15, 0.2) is 40.4 Å². The Morgan fingerprint density at radius 1 is 1.25 bits per heavy atom. The molecule has 2 aliphatic rings.